The Morgan fingerprint density at radius 1 is 1.35 bits per heavy atom. The van der Waals surface area contributed by atoms with Crippen LogP contribution in [0, 0.1) is 0 Å². The predicted molar refractivity (Wildman–Crippen MR) is 110 cm³/mol. The van der Waals surface area contributed by atoms with Gasteiger partial charge in [0.15, 0.2) is 20.6 Å². The minimum Gasteiger partial charge on any atom is -0.357 e. The number of halogens is 1. The molecule has 0 aromatic rings. The van der Waals surface area contributed by atoms with Crippen molar-refractivity contribution in [2.24, 2.45) is 9.98 Å². The molecule has 0 amide bonds. The zero-order valence-electron chi connectivity index (χ0n) is 12.2. The molecular weight excluding hydrogens is 445 g/mol. The zero-order valence-corrected chi connectivity index (χ0v) is 17.7. The number of amidine groups is 2. The second-order valence-corrected chi connectivity index (χ2v) is 12.6. The molecule has 20 heavy (non-hydrogen) atoms. The summed E-state index contributed by atoms with van der Waals surface area (Å²) < 4.78 is 0. The van der Waals surface area contributed by atoms with Crippen molar-refractivity contribution in [2.75, 3.05) is 41.5 Å². The highest BCUT2D eigenvalue weighted by molar-refractivity contribution is 14.2. The maximum absolute atomic E-state index is 5.25. The topological polar surface area (TPSA) is 34.4 Å². The molecule has 0 aliphatic carbocycles. The van der Waals surface area contributed by atoms with Crippen molar-refractivity contribution < 1.29 is 0 Å². The zero-order chi connectivity index (χ0) is 15.4. The molecule has 5 nitrogen and oxygen atoms in total. The Kier molecular flexibility index (Phi) is 7.60. The quantitative estimate of drug-likeness (QED) is 0.181. The molecule has 1 aliphatic rings. The number of nitrogens with zero attached hydrogens (tertiary/aromatic N) is 5. The van der Waals surface area contributed by atoms with Gasteiger partial charge in [0, 0.05) is 56.4 Å². The van der Waals surface area contributed by atoms with E-state index in [2.05, 4.69) is 26.2 Å². The standard InChI is InChI=1S/C10H18IN5S4/c1-14(2)7(17)12-9(18-6)16(5)10-13-8(15(3)4)19-20(10)11/h1-6H3/b12-9-. The van der Waals surface area contributed by atoms with Crippen LogP contribution in [0.3, 0.4) is 0 Å². The first kappa shape index (κ1) is 18.5. The molecule has 1 rings (SSSR count). The fraction of sp³-hybridized carbons (Fsp3) is 0.600. The van der Waals surface area contributed by atoms with Crippen molar-refractivity contribution in [2.45, 2.75) is 0 Å². The van der Waals surface area contributed by atoms with Gasteiger partial charge in [0.05, 0.1) is 0 Å². The van der Waals surface area contributed by atoms with Gasteiger partial charge >= 0.3 is 0 Å². The van der Waals surface area contributed by atoms with Crippen LogP contribution in [0.4, 0.5) is 0 Å². The molecule has 0 N–H and O–H groups in total. The van der Waals surface area contributed by atoms with Gasteiger partial charge in [0.25, 0.3) is 0 Å². The fourth-order valence-corrected chi connectivity index (χ4v) is 7.11. The molecule has 0 saturated carbocycles. The lowest BCUT2D eigenvalue weighted by Gasteiger charge is -2.20. The summed E-state index contributed by atoms with van der Waals surface area (Å²) >= 11 is 9.24. The lowest BCUT2D eigenvalue weighted by molar-refractivity contribution is 0.626. The monoisotopic (exact) mass is 463 g/mol. The van der Waals surface area contributed by atoms with E-state index in [1.807, 2.05) is 56.2 Å². The number of hydrogen-bond donors (Lipinski definition) is 0. The molecule has 0 bridgehead atoms. The summed E-state index contributed by atoms with van der Waals surface area (Å²) in [6, 6.07) is 0. The van der Waals surface area contributed by atoms with Gasteiger partial charge in [0.2, 0.25) is 0 Å². The lowest BCUT2D eigenvalue weighted by atomic mass is 10.8. The molecule has 0 fully saturated rings. The van der Waals surface area contributed by atoms with E-state index in [4.69, 9.17) is 17.2 Å². The van der Waals surface area contributed by atoms with Crippen LogP contribution in [0.5, 0.6) is 0 Å². The second kappa shape index (κ2) is 8.20. The van der Waals surface area contributed by atoms with Gasteiger partial charge < -0.3 is 14.7 Å². The maximum atomic E-state index is 5.25. The summed E-state index contributed by atoms with van der Waals surface area (Å²) in [5, 5.41) is 3.48. The molecule has 10 heteroatoms. The summed E-state index contributed by atoms with van der Waals surface area (Å²) in [5.41, 5.74) is 0. The molecule has 1 heterocycles. The van der Waals surface area contributed by atoms with Crippen molar-refractivity contribution >= 4 is 83.2 Å². The van der Waals surface area contributed by atoms with Crippen molar-refractivity contribution in [1.29, 1.82) is 0 Å². The van der Waals surface area contributed by atoms with Crippen molar-refractivity contribution in [1.82, 2.24) is 14.7 Å². The minimum absolute atomic E-state index is 0.00624. The minimum atomic E-state index is -0.00624. The third-order valence-electron chi connectivity index (χ3n) is 2.20. The number of thiocarbonyl (C=S) groups is 1. The van der Waals surface area contributed by atoms with Crippen LogP contribution in [-0.4, -0.2) is 76.8 Å². The van der Waals surface area contributed by atoms with E-state index in [9.17, 15) is 0 Å². The Hall–Kier alpha value is 0.480. The molecule has 0 radical (unpaired) electrons. The van der Waals surface area contributed by atoms with E-state index in [1.165, 1.54) is 0 Å². The number of rotatable bonds is 0. The van der Waals surface area contributed by atoms with Gasteiger partial charge in [-0.2, -0.15) is 9.98 Å². The first-order valence-corrected chi connectivity index (χ1v) is 12.3. The molecule has 1 atom stereocenters. The van der Waals surface area contributed by atoms with Gasteiger partial charge in [0.1, 0.15) is 0 Å². The molecule has 1 aliphatic heterocycles. The molecule has 0 aromatic heterocycles. The average molecular weight is 463 g/mol. The Morgan fingerprint density at radius 2 is 1.95 bits per heavy atom. The highest BCUT2D eigenvalue weighted by Crippen LogP contribution is 2.46. The van der Waals surface area contributed by atoms with E-state index in [0.717, 1.165) is 15.4 Å². The molecule has 1 unspecified atom stereocenters. The number of thioether (sulfide) groups is 1. The highest BCUT2D eigenvalue weighted by atomic mass is 127. The first-order valence-electron chi connectivity index (χ1n) is 5.57. The Morgan fingerprint density at radius 3 is 2.35 bits per heavy atom. The van der Waals surface area contributed by atoms with E-state index in [0.29, 0.717) is 5.11 Å². The SMILES string of the molecule is CS/C(=N\C(=S)N(C)C)N(C)C1=S(I)SC(N(C)C)=N1. The maximum Gasteiger partial charge on any atom is 0.197 e. The van der Waals surface area contributed by atoms with E-state index in [-0.39, 0.29) is 6.69 Å². The van der Waals surface area contributed by atoms with E-state index < -0.39 is 0 Å². The Bertz CT molecular complexity index is 486. The van der Waals surface area contributed by atoms with Crippen LogP contribution in [0.1, 0.15) is 0 Å². The molecular formula is C10H18IN5S4. The van der Waals surface area contributed by atoms with Crippen LogP contribution < -0.4 is 0 Å². The van der Waals surface area contributed by atoms with Crippen LogP contribution >= 0.6 is 62.7 Å². The van der Waals surface area contributed by atoms with Crippen molar-refractivity contribution in [3.8, 4) is 0 Å². The third kappa shape index (κ3) is 4.75. The lowest BCUT2D eigenvalue weighted by Crippen LogP contribution is -2.31. The molecule has 0 spiro atoms. The van der Waals surface area contributed by atoms with Gasteiger partial charge in [-0.15, -0.1) is 0 Å². The highest BCUT2D eigenvalue weighted by Gasteiger charge is 2.23. The molecule has 0 aromatic carbocycles. The smallest absolute Gasteiger partial charge is 0.197 e. The molecule has 114 valence electrons. The second-order valence-electron chi connectivity index (χ2n) is 4.21. The van der Waals surface area contributed by atoms with Gasteiger partial charge in [-0.3, -0.25) is 0 Å². The van der Waals surface area contributed by atoms with Gasteiger partial charge in [-0.25, -0.2) is 0 Å². The number of hydrogen-bond acceptors (Lipinski definition) is 5. The van der Waals surface area contributed by atoms with Crippen LogP contribution in [0.25, 0.3) is 0 Å². The summed E-state index contributed by atoms with van der Waals surface area (Å²) in [4.78, 5) is 15.1. The van der Waals surface area contributed by atoms with Crippen LogP contribution in [0.15, 0.2) is 9.98 Å². The van der Waals surface area contributed by atoms with Crippen molar-refractivity contribution in [3.05, 3.63) is 0 Å². The summed E-state index contributed by atoms with van der Waals surface area (Å²) in [7, 11) is 11.6. The number of aliphatic imine (C=N–C) groups is 2. The Labute approximate surface area is 148 Å². The third-order valence-corrected chi connectivity index (χ3v) is 8.92. The molecule has 0 saturated heterocycles. The Balaban J connectivity index is 3.01. The van der Waals surface area contributed by atoms with Gasteiger partial charge in [-0.05, 0) is 36.0 Å². The van der Waals surface area contributed by atoms with E-state index in [1.54, 1.807) is 22.6 Å². The summed E-state index contributed by atoms with van der Waals surface area (Å²) in [6.45, 7) is -0.00624. The van der Waals surface area contributed by atoms with Crippen LogP contribution in [-0.2, 0) is 0 Å². The largest absolute Gasteiger partial charge is 0.357 e. The normalized spacial score (nSPS) is 18.9. The average Bonchev–Trinajstić information content (AvgIpc) is 2.77. The van der Waals surface area contributed by atoms with Crippen LogP contribution in [0.2, 0.25) is 0 Å². The van der Waals surface area contributed by atoms with E-state index >= 15 is 0 Å². The van der Waals surface area contributed by atoms with Crippen molar-refractivity contribution in [3.63, 3.8) is 0 Å². The fourth-order valence-electron chi connectivity index (χ4n) is 1.12. The summed E-state index contributed by atoms with van der Waals surface area (Å²) in [5.74, 6) is 0. The van der Waals surface area contributed by atoms with Gasteiger partial charge in [-0.1, -0.05) is 11.8 Å². The first-order chi connectivity index (χ1) is 9.27. The summed E-state index contributed by atoms with van der Waals surface area (Å²) in [6.07, 6.45) is 2.00. The predicted octanol–water partition coefficient (Wildman–Crippen LogP) is 2.77.